The summed E-state index contributed by atoms with van der Waals surface area (Å²) in [5.41, 5.74) is 0. The molecule has 0 spiro atoms. The standard InChI is InChI=1S/C20H38ClNO2/c1-2-3-4-5-6-7-8-9-10-11-12-13-14-15-16-17-20(23)24-19-18-22-21/h9-10,22H,2-8,11-19H2,1H3/b10-9-. The summed E-state index contributed by atoms with van der Waals surface area (Å²) < 4.78 is 5.01. The lowest BCUT2D eigenvalue weighted by Gasteiger charge is -2.03. The van der Waals surface area contributed by atoms with E-state index in [0.717, 1.165) is 12.8 Å². The Bertz CT molecular complexity index is 295. The van der Waals surface area contributed by atoms with Crippen molar-refractivity contribution in [3.63, 3.8) is 0 Å². The maximum Gasteiger partial charge on any atom is 0.305 e. The fourth-order valence-corrected chi connectivity index (χ4v) is 2.69. The molecule has 0 aromatic heterocycles. The minimum absolute atomic E-state index is 0.112. The number of esters is 1. The minimum Gasteiger partial charge on any atom is -0.464 e. The predicted molar refractivity (Wildman–Crippen MR) is 104 cm³/mol. The van der Waals surface area contributed by atoms with Gasteiger partial charge in [0.05, 0.1) is 0 Å². The molecule has 0 aliphatic rings. The molecular formula is C20H38ClNO2. The van der Waals surface area contributed by atoms with Crippen LogP contribution in [0.3, 0.4) is 0 Å². The first-order valence-corrected chi connectivity index (χ1v) is 10.3. The van der Waals surface area contributed by atoms with Crippen LogP contribution >= 0.6 is 11.8 Å². The highest BCUT2D eigenvalue weighted by atomic mass is 35.5. The van der Waals surface area contributed by atoms with Crippen LogP contribution in [0.5, 0.6) is 0 Å². The molecule has 0 aromatic carbocycles. The van der Waals surface area contributed by atoms with E-state index in [1.807, 2.05) is 0 Å². The van der Waals surface area contributed by atoms with Gasteiger partial charge in [0.15, 0.2) is 0 Å². The molecule has 4 heteroatoms. The highest BCUT2D eigenvalue weighted by Crippen LogP contribution is 2.10. The number of allylic oxidation sites excluding steroid dienone is 2. The van der Waals surface area contributed by atoms with E-state index < -0.39 is 0 Å². The molecule has 0 amide bonds. The second-order valence-electron chi connectivity index (χ2n) is 6.44. The maximum absolute atomic E-state index is 11.3. The van der Waals surface area contributed by atoms with E-state index in [1.165, 1.54) is 70.6 Å². The van der Waals surface area contributed by atoms with Gasteiger partial charge in [-0.25, -0.2) is 4.84 Å². The van der Waals surface area contributed by atoms with E-state index in [-0.39, 0.29) is 5.97 Å². The Morgan fingerprint density at radius 2 is 1.42 bits per heavy atom. The van der Waals surface area contributed by atoms with Crippen molar-refractivity contribution in [1.82, 2.24) is 4.84 Å². The van der Waals surface area contributed by atoms with Gasteiger partial charge in [-0.2, -0.15) is 0 Å². The van der Waals surface area contributed by atoms with Gasteiger partial charge in [0.1, 0.15) is 6.61 Å². The monoisotopic (exact) mass is 359 g/mol. The lowest BCUT2D eigenvalue weighted by Crippen LogP contribution is -2.13. The Morgan fingerprint density at radius 3 is 2.00 bits per heavy atom. The summed E-state index contributed by atoms with van der Waals surface area (Å²) in [4.78, 5) is 13.8. The number of halogens is 1. The van der Waals surface area contributed by atoms with Crippen molar-refractivity contribution in [3.05, 3.63) is 12.2 Å². The summed E-state index contributed by atoms with van der Waals surface area (Å²) in [6, 6.07) is 0. The minimum atomic E-state index is -0.112. The van der Waals surface area contributed by atoms with Gasteiger partial charge in [-0.1, -0.05) is 70.4 Å². The number of carbonyl (C=O) groups excluding carboxylic acids is 1. The quantitative estimate of drug-likeness (QED) is 0.135. The van der Waals surface area contributed by atoms with E-state index in [2.05, 4.69) is 23.9 Å². The first-order valence-electron chi connectivity index (χ1n) is 9.95. The first-order chi connectivity index (χ1) is 11.8. The van der Waals surface area contributed by atoms with Crippen molar-refractivity contribution in [2.75, 3.05) is 13.2 Å². The first kappa shape index (κ1) is 23.5. The molecule has 0 aliphatic heterocycles. The molecular weight excluding hydrogens is 322 g/mol. The predicted octanol–water partition coefficient (Wildman–Crippen LogP) is 6.31. The number of hydrogen-bond acceptors (Lipinski definition) is 3. The Balaban J connectivity index is 3.16. The zero-order valence-corrected chi connectivity index (χ0v) is 16.4. The summed E-state index contributed by atoms with van der Waals surface area (Å²) in [5, 5.41) is 0. The third kappa shape index (κ3) is 19.5. The lowest BCUT2D eigenvalue weighted by atomic mass is 10.1. The topological polar surface area (TPSA) is 38.3 Å². The van der Waals surface area contributed by atoms with Crippen molar-refractivity contribution >= 4 is 17.7 Å². The van der Waals surface area contributed by atoms with Gasteiger partial charge in [0, 0.05) is 13.0 Å². The number of hydrogen-bond donors (Lipinski definition) is 1. The Labute approximate surface area is 154 Å². The highest BCUT2D eigenvalue weighted by Gasteiger charge is 2.01. The largest absolute Gasteiger partial charge is 0.464 e. The molecule has 0 bridgehead atoms. The Hall–Kier alpha value is -0.540. The molecule has 3 nitrogen and oxygen atoms in total. The third-order valence-electron chi connectivity index (χ3n) is 4.10. The molecule has 142 valence electrons. The Morgan fingerprint density at radius 1 is 0.875 bits per heavy atom. The smallest absolute Gasteiger partial charge is 0.305 e. The van der Waals surface area contributed by atoms with Gasteiger partial charge < -0.3 is 4.74 Å². The highest BCUT2D eigenvalue weighted by molar-refractivity contribution is 6.13. The molecule has 0 radical (unpaired) electrons. The third-order valence-corrected chi connectivity index (χ3v) is 4.29. The molecule has 0 saturated heterocycles. The van der Waals surface area contributed by atoms with Crippen LogP contribution in [-0.4, -0.2) is 19.1 Å². The second kappa shape index (κ2) is 20.5. The molecule has 0 aromatic rings. The fourth-order valence-electron chi connectivity index (χ4n) is 2.62. The van der Waals surface area contributed by atoms with E-state index in [9.17, 15) is 4.79 Å². The molecule has 0 rings (SSSR count). The van der Waals surface area contributed by atoms with Crippen LogP contribution in [-0.2, 0) is 9.53 Å². The molecule has 0 unspecified atom stereocenters. The lowest BCUT2D eigenvalue weighted by molar-refractivity contribution is -0.143. The van der Waals surface area contributed by atoms with Crippen LogP contribution in [0.1, 0.15) is 96.8 Å². The van der Waals surface area contributed by atoms with E-state index >= 15 is 0 Å². The van der Waals surface area contributed by atoms with Crippen LogP contribution in [0.15, 0.2) is 12.2 Å². The van der Waals surface area contributed by atoms with Gasteiger partial charge in [-0.05, 0) is 43.9 Å². The zero-order chi connectivity index (χ0) is 17.7. The zero-order valence-electron chi connectivity index (χ0n) is 15.7. The molecule has 1 N–H and O–H groups in total. The van der Waals surface area contributed by atoms with Crippen molar-refractivity contribution in [2.45, 2.75) is 96.8 Å². The van der Waals surface area contributed by atoms with E-state index in [4.69, 9.17) is 16.5 Å². The summed E-state index contributed by atoms with van der Waals surface area (Å²) in [7, 11) is 0. The van der Waals surface area contributed by atoms with Crippen molar-refractivity contribution in [3.8, 4) is 0 Å². The molecule has 0 saturated carbocycles. The Kier molecular flexibility index (Phi) is 20.0. The molecule has 0 aliphatic carbocycles. The average Bonchev–Trinajstić information content (AvgIpc) is 2.58. The van der Waals surface area contributed by atoms with Crippen LogP contribution in [0.2, 0.25) is 0 Å². The maximum atomic E-state index is 11.3. The number of nitrogens with one attached hydrogen (secondary N) is 1. The molecule has 0 heterocycles. The number of carbonyl (C=O) groups is 1. The van der Waals surface area contributed by atoms with Crippen molar-refractivity contribution < 1.29 is 9.53 Å². The summed E-state index contributed by atoms with van der Waals surface area (Å²) in [6.45, 7) is 3.12. The SMILES string of the molecule is CCCCCCCC/C=C\CCCCCCCC(=O)OCCNCl. The number of rotatable bonds is 18. The van der Waals surface area contributed by atoms with Crippen LogP contribution in [0.4, 0.5) is 0 Å². The van der Waals surface area contributed by atoms with Gasteiger partial charge >= 0.3 is 5.97 Å². The summed E-state index contributed by atoms with van der Waals surface area (Å²) in [6.07, 6.45) is 21.7. The van der Waals surface area contributed by atoms with Crippen molar-refractivity contribution in [1.29, 1.82) is 0 Å². The fraction of sp³-hybridized carbons (Fsp3) is 0.850. The van der Waals surface area contributed by atoms with Crippen molar-refractivity contribution in [2.24, 2.45) is 0 Å². The van der Waals surface area contributed by atoms with E-state index in [0.29, 0.717) is 19.6 Å². The molecule has 0 fully saturated rings. The van der Waals surface area contributed by atoms with Gasteiger partial charge in [0.25, 0.3) is 0 Å². The van der Waals surface area contributed by atoms with Gasteiger partial charge in [-0.15, -0.1) is 0 Å². The average molecular weight is 360 g/mol. The van der Waals surface area contributed by atoms with E-state index in [1.54, 1.807) is 0 Å². The summed E-state index contributed by atoms with van der Waals surface area (Å²) >= 11 is 5.28. The number of unbranched alkanes of at least 4 members (excludes halogenated alkanes) is 11. The normalized spacial score (nSPS) is 11.2. The molecule has 24 heavy (non-hydrogen) atoms. The van der Waals surface area contributed by atoms with Gasteiger partial charge in [-0.3, -0.25) is 4.79 Å². The second-order valence-corrected chi connectivity index (χ2v) is 6.71. The van der Waals surface area contributed by atoms with Gasteiger partial charge in [0.2, 0.25) is 0 Å². The van der Waals surface area contributed by atoms with Crippen LogP contribution in [0, 0.1) is 0 Å². The van der Waals surface area contributed by atoms with Crippen LogP contribution in [0.25, 0.3) is 0 Å². The summed E-state index contributed by atoms with van der Waals surface area (Å²) in [5.74, 6) is -0.112. The van der Waals surface area contributed by atoms with Crippen LogP contribution < -0.4 is 4.84 Å². The molecule has 0 atom stereocenters. The number of ether oxygens (including phenoxy) is 1.